The molecule has 1 aromatic carbocycles. The van der Waals surface area contributed by atoms with E-state index in [2.05, 4.69) is 9.97 Å². The van der Waals surface area contributed by atoms with E-state index in [1.807, 2.05) is 6.07 Å². The van der Waals surface area contributed by atoms with Crippen molar-refractivity contribution in [3.63, 3.8) is 0 Å². The second kappa shape index (κ2) is 7.88. The van der Waals surface area contributed by atoms with Gasteiger partial charge in [-0.05, 0) is 45.0 Å². The molecule has 3 heterocycles. The number of esters is 1. The van der Waals surface area contributed by atoms with Crippen LogP contribution in [0.5, 0.6) is 0 Å². The standard InChI is InChI=1S/C24H21N3O5/c1-24(2,3)32-23(30)27-17-10-6-5-8-14(17)15-11-13-26-20(18(15)21(27)28)19-16(22(29)31-4)9-7-12-25-19/h5-13H,1-4H3. The fourth-order valence-corrected chi connectivity index (χ4v) is 3.56. The number of carbonyl (C=O) groups is 2. The number of benzene rings is 1. The Morgan fingerprint density at radius 3 is 2.34 bits per heavy atom. The van der Waals surface area contributed by atoms with Crippen LogP contribution in [0.3, 0.4) is 0 Å². The smallest absolute Gasteiger partial charge is 0.422 e. The third-order valence-corrected chi connectivity index (χ3v) is 4.82. The van der Waals surface area contributed by atoms with Gasteiger partial charge < -0.3 is 9.47 Å². The van der Waals surface area contributed by atoms with Gasteiger partial charge >= 0.3 is 12.1 Å². The molecule has 3 aromatic heterocycles. The van der Waals surface area contributed by atoms with Crippen molar-refractivity contribution in [1.82, 2.24) is 14.5 Å². The number of pyridine rings is 3. The molecule has 0 amide bonds. The SMILES string of the molecule is COC(=O)c1cccnc1-c1nccc2c1c(=O)n(C(=O)OC(C)(C)C)c1ccccc21. The predicted molar refractivity (Wildman–Crippen MR) is 120 cm³/mol. The Morgan fingerprint density at radius 1 is 0.906 bits per heavy atom. The van der Waals surface area contributed by atoms with Gasteiger partial charge in [-0.25, -0.2) is 14.2 Å². The summed E-state index contributed by atoms with van der Waals surface area (Å²) in [6.45, 7) is 5.17. The van der Waals surface area contributed by atoms with Crippen LogP contribution < -0.4 is 5.56 Å². The van der Waals surface area contributed by atoms with Crippen LogP contribution in [0.4, 0.5) is 4.79 Å². The summed E-state index contributed by atoms with van der Waals surface area (Å²) >= 11 is 0. The van der Waals surface area contributed by atoms with Gasteiger partial charge in [0, 0.05) is 23.2 Å². The fraction of sp³-hybridized carbons (Fsp3) is 0.208. The topological polar surface area (TPSA) is 100 Å². The van der Waals surface area contributed by atoms with Crippen LogP contribution in [0.25, 0.3) is 33.1 Å². The first-order valence-corrected chi connectivity index (χ1v) is 9.92. The highest BCUT2D eigenvalue weighted by molar-refractivity contribution is 6.12. The molecule has 0 aliphatic heterocycles. The third-order valence-electron chi connectivity index (χ3n) is 4.82. The molecule has 4 rings (SSSR count). The van der Waals surface area contributed by atoms with Crippen LogP contribution in [0.1, 0.15) is 31.1 Å². The number of carbonyl (C=O) groups excluding carboxylic acids is 2. The minimum absolute atomic E-state index is 0.154. The zero-order chi connectivity index (χ0) is 23.0. The Morgan fingerprint density at radius 2 is 1.62 bits per heavy atom. The Balaban J connectivity index is 2.14. The minimum atomic E-state index is -0.802. The third kappa shape index (κ3) is 3.60. The molecule has 0 atom stereocenters. The van der Waals surface area contributed by atoms with E-state index < -0.39 is 23.2 Å². The molecule has 0 radical (unpaired) electrons. The summed E-state index contributed by atoms with van der Waals surface area (Å²) in [7, 11) is 1.26. The van der Waals surface area contributed by atoms with E-state index in [0.29, 0.717) is 16.3 Å². The average molecular weight is 431 g/mol. The maximum absolute atomic E-state index is 13.7. The minimum Gasteiger partial charge on any atom is -0.465 e. The molecule has 0 unspecified atom stereocenters. The lowest BCUT2D eigenvalue weighted by Gasteiger charge is -2.21. The van der Waals surface area contributed by atoms with Crippen molar-refractivity contribution in [3.05, 3.63) is 70.8 Å². The van der Waals surface area contributed by atoms with Crippen molar-refractivity contribution in [2.24, 2.45) is 0 Å². The first-order chi connectivity index (χ1) is 15.2. The molecule has 0 aliphatic carbocycles. The van der Waals surface area contributed by atoms with Crippen LogP contribution in [-0.2, 0) is 9.47 Å². The van der Waals surface area contributed by atoms with Crippen LogP contribution in [0, 0.1) is 0 Å². The van der Waals surface area contributed by atoms with Crippen LogP contribution in [0.15, 0.2) is 59.7 Å². The normalized spacial score (nSPS) is 11.5. The summed E-state index contributed by atoms with van der Waals surface area (Å²) in [6, 6.07) is 11.9. The molecule has 8 nitrogen and oxygen atoms in total. The van der Waals surface area contributed by atoms with E-state index in [-0.39, 0.29) is 22.3 Å². The molecular formula is C24H21N3O5. The van der Waals surface area contributed by atoms with E-state index in [0.717, 1.165) is 4.57 Å². The molecule has 8 heteroatoms. The lowest BCUT2D eigenvalue weighted by atomic mass is 10.0. The molecule has 0 fully saturated rings. The molecule has 32 heavy (non-hydrogen) atoms. The Kier molecular flexibility index (Phi) is 5.22. The maximum Gasteiger partial charge on any atom is 0.422 e. The number of ether oxygens (including phenoxy) is 2. The van der Waals surface area contributed by atoms with E-state index >= 15 is 0 Å². The largest absolute Gasteiger partial charge is 0.465 e. The van der Waals surface area contributed by atoms with Gasteiger partial charge in [0.1, 0.15) is 17.0 Å². The summed E-state index contributed by atoms with van der Waals surface area (Å²) in [5.41, 5.74) is -0.484. The van der Waals surface area contributed by atoms with Crippen molar-refractivity contribution in [2.45, 2.75) is 26.4 Å². The molecule has 162 valence electrons. The lowest BCUT2D eigenvalue weighted by molar-refractivity contribution is 0.0537. The van der Waals surface area contributed by atoms with Crippen molar-refractivity contribution in [2.75, 3.05) is 7.11 Å². The first kappa shape index (κ1) is 21.2. The number of hydrogen-bond acceptors (Lipinski definition) is 7. The number of rotatable bonds is 2. The van der Waals surface area contributed by atoms with Gasteiger partial charge in [0.05, 0.1) is 23.6 Å². The summed E-state index contributed by atoms with van der Waals surface area (Å²) in [5, 5.41) is 1.39. The summed E-state index contributed by atoms with van der Waals surface area (Å²) < 4.78 is 11.4. The molecular weight excluding hydrogens is 410 g/mol. The van der Waals surface area contributed by atoms with E-state index in [1.54, 1.807) is 57.2 Å². The van der Waals surface area contributed by atoms with Crippen molar-refractivity contribution >= 4 is 33.7 Å². The quantitative estimate of drug-likeness (QED) is 0.347. The van der Waals surface area contributed by atoms with Crippen molar-refractivity contribution in [3.8, 4) is 11.4 Å². The predicted octanol–water partition coefficient (Wildman–Crippen LogP) is 4.18. The van der Waals surface area contributed by atoms with E-state index in [4.69, 9.17) is 9.47 Å². The molecule has 0 aliphatic rings. The summed E-state index contributed by atoms with van der Waals surface area (Å²) in [4.78, 5) is 47.7. The first-order valence-electron chi connectivity index (χ1n) is 9.92. The van der Waals surface area contributed by atoms with Crippen LogP contribution >= 0.6 is 0 Å². The number of aromatic nitrogens is 3. The summed E-state index contributed by atoms with van der Waals surface area (Å²) in [5.74, 6) is -0.611. The van der Waals surface area contributed by atoms with Gasteiger partial charge in [0.25, 0.3) is 5.56 Å². The molecule has 0 bridgehead atoms. The number of fused-ring (bicyclic) bond motifs is 3. The summed E-state index contributed by atoms with van der Waals surface area (Å²) in [6.07, 6.45) is 2.23. The zero-order valence-electron chi connectivity index (χ0n) is 18.1. The zero-order valence-corrected chi connectivity index (χ0v) is 18.1. The second-order valence-corrected chi connectivity index (χ2v) is 8.11. The number of para-hydroxylation sites is 1. The highest BCUT2D eigenvalue weighted by Gasteiger charge is 2.25. The van der Waals surface area contributed by atoms with Gasteiger partial charge in [-0.2, -0.15) is 0 Å². The van der Waals surface area contributed by atoms with Crippen molar-refractivity contribution < 1.29 is 19.1 Å². The molecule has 0 N–H and O–H groups in total. The molecule has 0 spiro atoms. The molecule has 0 saturated heterocycles. The molecule has 0 saturated carbocycles. The van der Waals surface area contributed by atoms with Gasteiger partial charge in [-0.15, -0.1) is 0 Å². The fourth-order valence-electron chi connectivity index (χ4n) is 3.56. The lowest BCUT2D eigenvalue weighted by Crippen LogP contribution is -2.34. The van der Waals surface area contributed by atoms with Gasteiger partial charge in [-0.3, -0.25) is 14.8 Å². The maximum atomic E-state index is 13.7. The van der Waals surface area contributed by atoms with Crippen LogP contribution in [-0.4, -0.2) is 39.3 Å². The molecule has 4 aromatic rings. The highest BCUT2D eigenvalue weighted by atomic mass is 16.6. The highest BCUT2D eigenvalue weighted by Crippen LogP contribution is 2.30. The van der Waals surface area contributed by atoms with Gasteiger partial charge in [0.15, 0.2) is 0 Å². The Bertz CT molecular complexity index is 1430. The van der Waals surface area contributed by atoms with E-state index in [1.165, 1.54) is 19.5 Å². The van der Waals surface area contributed by atoms with Crippen LogP contribution in [0.2, 0.25) is 0 Å². The average Bonchev–Trinajstić information content (AvgIpc) is 2.77. The van der Waals surface area contributed by atoms with Gasteiger partial charge in [-0.1, -0.05) is 18.2 Å². The Labute approximate surface area is 183 Å². The number of hydrogen-bond donors (Lipinski definition) is 0. The van der Waals surface area contributed by atoms with E-state index in [9.17, 15) is 14.4 Å². The van der Waals surface area contributed by atoms with Gasteiger partial charge in [0.2, 0.25) is 0 Å². The van der Waals surface area contributed by atoms with Crippen molar-refractivity contribution in [1.29, 1.82) is 0 Å². The second-order valence-electron chi connectivity index (χ2n) is 8.11. The monoisotopic (exact) mass is 431 g/mol. The number of nitrogens with zero attached hydrogens (tertiary/aromatic N) is 3. The number of methoxy groups -OCH3 is 1. The Hall–Kier alpha value is -4.07.